The van der Waals surface area contributed by atoms with E-state index < -0.39 is 5.97 Å². The Kier molecular flexibility index (Phi) is 5.72. The van der Waals surface area contributed by atoms with Gasteiger partial charge >= 0.3 is 5.97 Å². The number of halogens is 2. The van der Waals surface area contributed by atoms with Crippen LogP contribution < -0.4 is 14.5 Å². The third-order valence-corrected chi connectivity index (χ3v) is 4.70. The molecule has 8 heteroatoms. The minimum atomic E-state index is -0.448. The molecule has 0 N–H and O–H groups in total. The monoisotopic (exact) mass is 418 g/mol. The molecule has 0 fully saturated rings. The van der Waals surface area contributed by atoms with E-state index in [9.17, 15) is 9.59 Å². The van der Waals surface area contributed by atoms with Crippen molar-refractivity contribution in [1.82, 2.24) is 0 Å². The fourth-order valence-electron chi connectivity index (χ4n) is 2.66. The van der Waals surface area contributed by atoms with Crippen molar-refractivity contribution in [3.63, 3.8) is 0 Å². The van der Waals surface area contributed by atoms with E-state index in [0.29, 0.717) is 44.1 Å². The van der Waals surface area contributed by atoms with E-state index in [4.69, 9.17) is 32.7 Å². The maximum Gasteiger partial charge on any atom is 0.308 e. The lowest BCUT2D eigenvalue weighted by Crippen LogP contribution is -2.21. The van der Waals surface area contributed by atoms with Crippen molar-refractivity contribution >= 4 is 52.6 Å². The summed E-state index contributed by atoms with van der Waals surface area (Å²) in [5.74, 6) is -0.0572. The SMILES string of the molecule is COc1cc(C=C2C(=O)N(c3ccc(Cl)c(Cl)c3)N=C2C)ccc1OC(C)=O. The lowest BCUT2D eigenvalue weighted by Gasteiger charge is -2.12. The van der Waals surface area contributed by atoms with Crippen molar-refractivity contribution in [2.24, 2.45) is 5.10 Å². The normalized spacial score (nSPS) is 15.0. The molecule has 2 aromatic rings. The number of hydrogen-bond donors (Lipinski definition) is 0. The number of hydrogen-bond acceptors (Lipinski definition) is 5. The molecule has 28 heavy (non-hydrogen) atoms. The van der Waals surface area contributed by atoms with Crippen molar-refractivity contribution in [2.75, 3.05) is 12.1 Å². The van der Waals surface area contributed by atoms with Crippen molar-refractivity contribution in [3.05, 3.63) is 57.6 Å². The van der Waals surface area contributed by atoms with E-state index >= 15 is 0 Å². The third-order valence-electron chi connectivity index (χ3n) is 3.96. The van der Waals surface area contributed by atoms with Gasteiger partial charge in [0.05, 0.1) is 34.1 Å². The van der Waals surface area contributed by atoms with Gasteiger partial charge < -0.3 is 9.47 Å². The van der Waals surface area contributed by atoms with Crippen LogP contribution in [0.15, 0.2) is 47.1 Å². The van der Waals surface area contributed by atoms with Gasteiger partial charge in [0.25, 0.3) is 5.91 Å². The lowest BCUT2D eigenvalue weighted by atomic mass is 10.1. The second-order valence-electron chi connectivity index (χ2n) is 5.96. The number of methoxy groups -OCH3 is 1. The molecule has 0 saturated heterocycles. The van der Waals surface area contributed by atoms with E-state index in [2.05, 4.69) is 5.10 Å². The van der Waals surface area contributed by atoms with Gasteiger partial charge in [0.1, 0.15) is 0 Å². The zero-order valence-corrected chi connectivity index (χ0v) is 16.8. The van der Waals surface area contributed by atoms with Gasteiger partial charge in [-0.25, -0.2) is 0 Å². The Morgan fingerprint density at radius 2 is 1.86 bits per heavy atom. The Labute approximate surface area is 171 Å². The maximum atomic E-state index is 12.9. The molecule has 1 aliphatic rings. The summed E-state index contributed by atoms with van der Waals surface area (Å²) in [6.45, 7) is 3.05. The summed E-state index contributed by atoms with van der Waals surface area (Å²) in [7, 11) is 1.47. The van der Waals surface area contributed by atoms with Crippen molar-refractivity contribution < 1.29 is 19.1 Å². The van der Waals surface area contributed by atoms with Gasteiger partial charge in [-0.05, 0) is 48.9 Å². The number of amides is 1. The van der Waals surface area contributed by atoms with E-state index in [1.165, 1.54) is 19.0 Å². The summed E-state index contributed by atoms with van der Waals surface area (Å²) in [5.41, 5.74) is 2.19. The van der Waals surface area contributed by atoms with Gasteiger partial charge in [0, 0.05) is 6.92 Å². The molecule has 2 aromatic carbocycles. The molecule has 1 heterocycles. The zero-order chi connectivity index (χ0) is 20.4. The van der Waals surface area contributed by atoms with Crippen molar-refractivity contribution in [2.45, 2.75) is 13.8 Å². The Balaban J connectivity index is 1.92. The fourth-order valence-corrected chi connectivity index (χ4v) is 2.95. The summed E-state index contributed by atoms with van der Waals surface area (Å²) in [4.78, 5) is 24.0. The van der Waals surface area contributed by atoms with Gasteiger partial charge in [0.2, 0.25) is 0 Å². The van der Waals surface area contributed by atoms with E-state index in [1.807, 2.05) is 0 Å². The molecule has 0 bridgehead atoms. The quantitative estimate of drug-likeness (QED) is 0.408. The topological polar surface area (TPSA) is 68.2 Å². The number of nitrogens with zero attached hydrogens (tertiary/aromatic N) is 2. The van der Waals surface area contributed by atoms with Crippen LogP contribution in [-0.2, 0) is 9.59 Å². The Morgan fingerprint density at radius 3 is 2.50 bits per heavy atom. The fraction of sp³-hybridized carbons (Fsp3) is 0.150. The van der Waals surface area contributed by atoms with Crippen LogP contribution in [0.5, 0.6) is 11.5 Å². The molecule has 0 spiro atoms. The molecular formula is C20H16Cl2N2O4. The van der Waals surface area contributed by atoms with Crippen molar-refractivity contribution in [1.29, 1.82) is 0 Å². The first kappa shape index (κ1) is 19.9. The smallest absolute Gasteiger partial charge is 0.308 e. The number of benzene rings is 2. The van der Waals surface area contributed by atoms with Crippen LogP contribution in [0.3, 0.4) is 0 Å². The first-order valence-corrected chi connectivity index (χ1v) is 8.99. The summed E-state index contributed by atoms with van der Waals surface area (Å²) in [6, 6.07) is 9.86. The molecule has 3 rings (SSSR count). The van der Waals surface area contributed by atoms with E-state index in [1.54, 1.807) is 49.4 Å². The Bertz CT molecular complexity index is 1030. The molecule has 0 aliphatic carbocycles. The highest BCUT2D eigenvalue weighted by Gasteiger charge is 2.29. The number of anilines is 1. The van der Waals surface area contributed by atoms with E-state index in [-0.39, 0.29) is 5.91 Å². The average molecular weight is 419 g/mol. The minimum Gasteiger partial charge on any atom is -0.493 e. The molecular weight excluding hydrogens is 403 g/mol. The number of esters is 1. The second kappa shape index (κ2) is 8.04. The lowest BCUT2D eigenvalue weighted by molar-refractivity contribution is -0.132. The van der Waals surface area contributed by atoms with Crippen molar-refractivity contribution in [3.8, 4) is 11.5 Å². The molecule has 6 nitrogen and oxygen atoms in total. The highest BCUT2D eigenvalue weighted by Crippen LogP contribution is 2.32. The molecule has 0 aromatic heterocycles. The zero-order valence-electron chi connectivity index (χ0n) is 15.3. The Morgan fingerprint density at radius 1 is 1.11 bits per heavy atom. The molecule has 0 saturated carbocycles. The van der Waals surface area contributed by atoms with Gasteiger partial charge in [-0.3, -0.25) is 9.59 Å². The second-order valence-corrected chi connectivity index (χ2v) is 6.78. The average Bonchev–Trinajstić information content (AvgIpc) is 2.93. The predicted octanol–water partition coefficient (Wildman–Crippen LogP) is 4.73. The molecule has 0 atom stereocenters. The van der Waals surface area contributed by atoms with Gasteiger partial charge in [-0.1, -0.05) is 29.3 Å². The summed E-state index contributed by atoms with van der Waals surface area (Å²) in [5, 5.41) is 6.32. The van der Waals surface area contributed by atoms with Crippen LogP contribution >= 0.6 is 23.2 Å². The van der Waals surface area contributed by atoms with Crippen LogP contribution in [0.2, 0.25) is 10.0 Å². The van der Waals surface area contributed by atoms with Crippen LogP contribution in [0.1, 0.15) is 19.4 Å². The largest absolute Gasteiger partial charge is 0.493 e. The first-order valence-electron chi connectivity index (χ1n) is 8.23. The minimum absolute atomic E-state index is 0.293. The molecule has 1 aliphatic heterocycles. The molecule has 144 valence electrons. The standard InChI is InChI=1S/C20H16Cl2N2O4/c1-11-15(8-13-4-7-18(28-12(2)25)19(9-13)27-3)20(26)24(23-11)14-5-6-16(21)17(22)10-14/h4-10H,1-3H3. The van der Waals surface area contributed by atoms with Gasteiger partial charge in [-0.2, -0.15) is 10.1 Å². The molecule has 0 radical (unpaired) electrons. The predicted molar refractivity (Wildman–Crippen MR) is 109 cm³/mol. The Hall–Kier alpha value is -2.83. The number of carbonyl (C=O) groups excluding carboxylic acids is 2. The number of carbonyl (C=O) groups is 2. The van der Waals surface area contributed by atoms with Gasteiger partial charge in [0.15, 0.2) is 11.5 Å². The number of ether oxygens (including phenoxy) is 2. The summed E-state index contributed by atoms with van der Waals surface area (Å²) < 4.78 is 10.4. The van der Waals surface area contributed by atoms with Crippen LogP contribution in [-0.4, -0.2) is 24.7 Å². The highest BCUT2D eigenvalue weighted by atomic mass is 35.5. The van der Waals surface area contributed by atoms with Gasteiger partial charge in [-0.15, -0.1) is 0 Å². The highest BCUT2D eigenvalue weighted by molar-refractivity contribution is 6.42. The third kappa shape index (κ3) is 4.03. The molecule has 0 unspecified atom stereocenters. The van der Waals surface area contributed by atoms with Crippen LogP contribution in [0, 0.1) is 0 Å². The molecule has 1 amide bonds. The van der Waals surface area contributed by atoms with E-state index in [0.717, 1.165) is 0 Å². The summed E-state index contributed by atoms with van der Waals surface area (Å²) in [6.07, 6.45) is 1.69. The van der Waals surface area contributed by atoms with Crippen LogP contribution in [0.25, 0.3) is 6.08 Å². The number of rotatable bonds is 4. The summed E-state index contributed by atoms with van der Waals surface area (Å²) >= 11 is 12.0. The first-order chi connectivity index (χ1) is 13.3. The maximum absolute atomic E-state index is 12.9. The van der Waals surface area contributed by atoms with Crippen LogP contribution in [0.4, 0.5) is 5.69 Å². The number of hydrazone groups is 1.